The number of hydrogen-bond donors (Lipinski definition) is 0. The normalized spacial score (nSPS) is 14.4. The van der Waals surface area contributed by atoms with Crippen LogP contribution in [0.1, 0.15) is 64.3 Å². The number of fused-ring (bicyclic) bond motifs is 1. The van der Waals surface area contributed by atoms with Crippen LogP contribution in [0.15, 0.2) is 43.0 Å². The van der Waals surface area contributed by atoms with Gasteiger partial charge in [-0.1, -0.05) is 64.6 Å². The van der Waals surface area contributed by atoms with Crippen LogP contribution in [-0.4, -0.2) is 5.97 Å². The molecular weight excluding hydrogens is 320 g/mol. The minimum absolute atomic E-state index is 0.108. The van der Waals surface area contributed by atoms with Gasteiger partial charge in [-0.25, -0.2) is 0 Å². The Morgan fingerprint density at radius 1 is 1.08 bits per heavy atom. The van der Waals surface area contributed by atoms with Crippen molar-refractivity contribution in [2.45, 2.75) is 47.6 Å². The van der Waals surface area contributed by atoms with Crippen LogP contribution in [0, 0.1) is 11.3 Å². The number of esters is 1. The summed E-state index contributed by atoms with van der Waals surface area (Å²) >= 11 is 0. The molecule has 0 amide bonds. The Morgan fingerprint density at radius 3 is 2.31 bits per heavy atom. The maximum atomic E-state index is 12.4. The minimum Gasteiger partial charge on any atom is -0.458 e. The van der Waals surface area contributed by atoms with E-state index >= 15 is 0 Å². The molecule has 2 rings (SSSR count). The summed E-state index contributed by atoms with van der Waals surface area (Å²) in [6.45, 7) is 15.9. The monoisotopic (exact) mass is 350 g/mol. The van der Waals surface area contributed by atoms with Gasteiger partial charge >= 0.3 is 5.97 Å². The molecule has 0 saturated carbocycles. The first-order valence-corrected chi connectivity index (χ1v) is 9.20. The number of hydrogen-bond acceptors (Lipinski definition) is 2. The number of benzene rings is 2. The molecule has 0 aromatic heterocycles. The van der Waals surface area contributed by atoms with Crippen LogP contribution in [0.5, 0.6) is 0 Å². The van der Waals surface area contributed by atoms with Crippen LogP contribution in [0.4, 0.5) is 0 Å². The van der Waals surface area contributed by atoms with E-state index in [1.165, 1.54) is 0 Å². The molecule has 0 spiro atoms. The molecule has 0 bridgehead atoms. The molecule has 138 valence electrons. The zero-order valence-corrected chi connectivity index (χ0v) is 16.8. The second kappa shape index (κ2) is 7.90. The van der Waals surface area contributed by atoms with Gasteiger partial charge in [-0.05, 0) is 64.9 Å². The maximum absolute atomic E-state index is 12.4. The third kappa shape index (κ3) is 4.43. The van der Waals surface area contributed by atoms with E-state index in [0.717, 1.165) is 27.5 Å². The van der Waals surface area contributed by atoms with Crippen molar-refractivity contribution in [1.82, 2.24) is 0 Å². The lowest BCUT2D eigenvalue weighted by Gasteiger charge is -2.27. The van der Waals surface area contributed by atoms with Crippen LogP contribution in [-0.2, 0) is 9.53 Å². The van der Waals surface area contributed by atoms with Crippen molar-refractivity contribution >= 4 is 28.9 Å². The number of ether oxygens (including phenoxy) is 1. The fourth-order valence-corrected chi connectivity index (χ4v) is 2.80. The molecule has 0 aliphatic carbocycles. The molecule has 0 aliphatic heterocycles. The van der Waals surface area contributed by atoms with Crippen LogP contribution >= 0.6 is 0 Å². The Bertz CT molecular complexity index is 837. The largest absolute Gasteiger partial charge is 0.458 e. The van der Waals surface area contributed by atoms with E-state index in [-0.39, 0.29) is 23.4 Å². The summed E-state index contributed by atoms with van der Waals surface area (Å²) in [6, 6.07) is 10.5. The lowest BCUT2D eigenvalue weighted by molar-refractivity contribution is -0.156. The minimum atomic E-state index is -0.277. The Hall–Kier alpha value is -2.35. The van der Waals surface area contributed by atoms with Crippen molar-refractivity contribution in [2.24, 2.45) is 11.3 Å². The average molecular weight is 351 g/mol. The van der Waals surface area contributed by atoms with Crippen molar-refractivity contribution in [3.63, 3.8) is 0 Å². The fourth-order valence-electron chi connectivity index (χ4n) is 2.80. The molecule has 2 aromatic rings. The predicted molar refractivity (Wildman–Crippen MR) is 112 cm³/mol. The van der Waals surface area contributed by atoms with E-state index < -0.39 is 0 Å². The summed E-state index contributed by atoms with van der Waals surface area (Å²) < 4.78 is 5.73. The molecule has 0 fully saturated rings. The fraction of sp³-hybridized carbons (Fsp3) is 0.375. The summed E-state index contributed by atoms with van der Waals surface area (Å²) in [5, 5.41) is 2.28. The SMILES string of the molecule is C=Cc1cc2ccc(C(C)OC(=O)C(C)C(C)(C)C)cc2cc1/C=C\C. The Labute approximate surface area is 157 Å². The molecule has 0 N–H and O–H groups in total. The first-order valence-electron chi connectivity index (χ1n) is 9.20. The smallest absolute Gasteiger partial charge is 0.309 e. The van der Waals surface area contributed by atoms with Crippen molar-refractivity contribution in [3.05, 3.63) is 59.7 Å². The summed E-state index contributed by atoms with van der Waals surface area (Å²) in [5.74, 6) is -0.302. The lowest BCUT2D eigenvalue weighted by atomic mass is 9.82. The van der Waals surface area contributed by atoms with E-state index in [9.17, 15) is 4.79 Å². The van der Waals surface area contributed by atoms with Gasteiger partial charge in [-0.3, -0.25) is 4.79 Å². The van der Waals surface area contributed by atoms with Crippen LogP contribution in [0.2, 0.25) is 0 Å². The molecule has 2 atom stereocenters. The molecule has 0 aliphatic rings. The molecule has 2 unspecified atom stereocenters. The molecule has 0 saturated heterocycles. The highest BCUT2D eigenvalue weighted by molar-refractivity contribution is 5.89. The average Bonchev–Trinajstić information content (AvgIpc) is 2.59. The third-order valence-corrected chi connectivity index (χ3v) is 5.05. The quantitative estimate of drug-likeness (QED) is 0.554. The topological polar surface area (TPSA) is 26.3 Å². The van der Waals surface area contributed by atoms with Crippen LogP contribution < -0.4 is 0 Å². The number of carbonyl (C=O) groups is 1. The highest BCUT2D eigenvalue weighted by Gasteiger charge is 2.29. The summed E-state index contributed by atoms with van der Waals surface area (Å²) in [7, 11) is 0. The summed E-state index contributed by atoms with van der Waals surface area (Å²) in [6.07, 6.45) is 5.70. The Morgan fingerprint density at radius 2 is 1.73 bits per heavy atom. The first kappa shape index (κ1) is 20.0. The van der Waals surface area contributed by atoms with Gasteiger partial charge in [-0.15, -0.1) is 0 Å². The van der Waals surface area contributed by atoms with Gasteiger partial charge in [0.1, 0.15) is 6.10 Å². The van der Waals surface area contributed by atoms with Gasteiger partial charge < -0.3 is 4.74 Å². The number of allylic oxidation sites excluding steroid dienone is 1. The molecule has 2 nitrogen and oxygen atoms in total. The highest BCUT2D eigenvalue weighted by Crippen LogP contribution is 2.30. The van der Waals surface area contributed by atoms with Crippen LogP contribution in [0.3, 0.4) is 0 Å². The molecule has 2 aromatic carbocycles. The molecule has 26 heavy (non-hydrogen) atoms. The second-order valence-electron chi connectivity index (χ2n) is 7.96. The van der Waals surface area contributed by atoms with Gasteiger partial charge in [0.05, 0.1) is 5.92 Å². The van der Waals surface area contributed by atoms with E-state index in [0.29, 0.717) is 0 Å². The zero-order valence-electron chi connectivity index (χ0n) is 16.8. The Kier molecular flexibility index (Phi) is 6.07. The van der Waals surface area contributed by atoms with E-state index in [1.54, 1.807) is 0 Å². The number of carbonyl (C=O) groups excluding carboxylic acids is 1. The van der Waals surface area contributed by atoms with E-state index in [2.05, 4.69) is 57.7 Å². The second-order valence-corrected chi connectivity index (χ2v) is 7.96. The summed E-state index contributed by atoms with van der Waals surface area (Å²) in [5.41, 5.74) is 3.15. The zero-order chi connectivity index (χ0) is 19.5. The Balaban J connectivity index is 2.32. The molecular formula is C24H30O2. The van der Waals surface area contributed by atoms with Crippen molar-refractivity contribution in [1.29, 1.82) is 0 Å². The van der Waals surface area contributed by atoms with Crippen LogP contribution in [0.25, 0.3) is 22.9 Å². The maximum Gasteiger partial charge on any atom is 0.309 e. The molecule has 0 heterocycles. The first-order chi connectivity index (χ1) is 12.2. The van der Waals surface area contributed by atoms with Crippen molar-refractivity contribution in [3.8, 4) is 0 Å². The molecule has 0 radical (unpaired) electrons. The lowest BCUT2D eigenvalue weighted by Crippen LogP contribution is -2.28. The van der Waals surface area contributed by atoms with Gasteiger partial charge in [0.15, 0.2) is 0 Å². The van der Waals surface area contributed by atoms with Crippen molar-refractivity contribution in [2.75, 3.05) is 0 Å². The van der Waals surface area contributed by atoms with E-state index in [1.807, 2.05) is 39.0 Å². The third-order valence-electron chi connectivity index (χ3n) is 5.05. The van der Waals surface area contributed by atoms with Gasteiger partial charge in [0, 0.05) is 0 Å². The van der Waals surface area contributed by atoms with Gasteiger partial charge in [-0.2, -0.15) is 0 Å². The standard InChI is InChI=1S/C24H30O2/c1-8-10-20-15-22-14-19(11-12-21(22)13-18(20)9-2)17(4)26-23(25)16(3)24(5,6)7/h8-17H,2H2,1,3-7H3/b10-8-. The number of rotatable bonds is 5. The van der Waals surface area contributed by atoms with Gasteiger partial charge in [0.2, 0.25) is 0 Å². The van der Waals surface area contributed by atoms with Gasteiger partial charge in [0.25, 0.3) is 0 Å². The molecule has 2 heteroatoms. The summed E-state index contributed by atoms with van der Waals surface area (Å²) in [4.78, 5) is 12.4. The predicted octanol–water partition coefficient (Wildman–Crippen LogP) is 6.80. The highest BCUT2D eigenvalue weighted by atomic mass is 16.5. The van der Waals surface area contributed by atoms with E-state index in [4.69, 9.17) is 4.74 Å². The van der Waals surface area contributed by atoms with Crippen molar-refractivity contribution < 1.29 is 9.53 Å².